The number of nitrogens with zero attached hydrogens (tertiary/aromatic N) is 3. The summed E-state index contributed by atoms with van der Waals surface area (Å²) in [6.45, 7) is 5.28. The average Bonchev–Trinajstić information content (AvgIpc) is 2.86. The van der Waals surface area contributed by atoms with E-state index >= 15 is 0 Å². The van der Waals surface area contributed by atoms with Crippen LogP contribution in [0.3, 0.4) is 0 Å². The minimum atomic E-state index is -0.979. The second-order valence-corrected chi connectivity index (χ2v) is 7.96. The number of hydrogen-bond acceptors (Lipinski definition) is 7. The third-order valence-electron chi connectivity index (χ3n) is 5.71. The van der Waals surface area contributed by atoms with Crippen molar-refractivity contribution < 1.29 is 24.1 Å². The number of benzene rings is 2. The number of para-hydroxylation sites is 1. The number of fused-ring (bicyclic) bond motifs is 1. The molecule has 0 bridgehead atoms. The van der Waals surface area contributed by atoms with E-state index in [0.29, 0.717) is 62.1 Å². The zero-order valence-electron chi connectivity index (χ0n) is 19.2. The van der Waals surface area contributed by atoms with Gasteiger partial charge in [-0.05, 0) is 36.8 Å². The van der Waals surface area contributed by atoms with Gasteiger partial charge in [0, 0.05) is 26.1 Å². The number of aromatic nitrogens is 2. The van der Waals surface area contributed by atoms with E-state index in [1.54, 1.807) is 29.7 Å². The number of carboxylic acid groups (broad SMARTS) is 1. The van der Waals surface area contributed by atoms with Crippen LogP contribution in [0.4, 0.5) is 5.95 Å². The van der Waals surface area contributed by atoms with Crippen LogP contribution in [-0.4, -0.2) is 66.2 Å². The lowest BCUT2D eigenvalue weighted by molar-refractivity contribution is -0.149. The summed E-state index contributed by atoms with van der Waals surface area (Å²) < 4.78 is 18.3. The van der Waals surface area contributed by atoms with Crippen molar-refractivity contribution in [2.75, 3.05) is 44.4 Å². The molecule has 0 spiro atoms. The number of aliphatic carboxylic acids is 1. The molecule has 1 N–H and O–H groups in total. The molecular weight excluding hydrogens is 438 g/mol. The van der Waals surface area contributed by atoms with Crippen molar-refractivity contribution >= 4 is 22.8 Å². The summed E-state index contributed by atoms with van der Waals surface area (Å²) in [6.07, 6.45) is -0.590. The molecule has 0 amide bonds. The Morgan fingerprint density at radius 2 is 1.88 bits per heavy atom. The van der Waals surface area contributed by atoms with Gasteiger partial charge in [-0.3, -0.25) is 9.36 Å². The molecule has 1 aromatic heterocycles. The number of carbonyl (C=O) groups is 1. The van der Waals surface area contributed by atoms with Gasteiger partial charge in [0.05, 0.1) is 30.7 Å². The van der Waals surface area contributed by atoms with Crippen LogP contribution in [-0.2, 0) is 27.2 Å². The van der Waals surface area contributed by atoms with Crippen molar-refractivity contribution in [2.24, 2.45) is 0 Å². The van der Waals surface area contributed by atoms with E-state index in [0.717, 1.165) is 5.56 Å². The predicted molar refractivity (Wildman–Crippen MR) is 128 cm³/mol. The zero-order valence-corrected chi connectivity index (χ0v) is 19.2. The Kier molecular flexibility index (Phi) is 7.76. The molecule has 0 unspecified atom stereocenters. The van der Waals surface area contributed by atoms with Gasteiger partial charge in [-0.1, -0.05) is 24.3 Å². The average molecular weight is 468 g/mol. The summed E-state index contributed by atoms with van der Waals surface area (Å²) in [7, 11) is 0. The Bertz CT molecular complexity index is 1170. The molecule has 9 nitrogen and oxygen atoms in total. The Morgan fingerprint density at radius 3 is 2.59 bits per heavy atom. The highest BCUT2D eigenvalue weighted by Gasteiger charge is 2.20. The fourth-order valence-electron chi connectivity index (χ4n) is 3.97. The van der Waals surface area contributed by atoms with Crippen molar-refractivity contribution in [3.63, 3.8) is 0 Å². The first-order valence-electron chi connectivity index (χ1n) is 11.4. The van der Waals surface area contributed by atoms with Crippen molar-refractivity contribution in [1.82, 2.24) is 9.55 Å². The molecule has 180 valence electrons. The Morgan fingerprint density at radius 1 is 1.15 bits per heavy atom. The van der Waals surface area contributed by atoms with Crippen LogP contribution in [0, 0.1) is 0 Å². The van der Waals surface area contributed by atoms with Crippen LogP contribution >= 0.6 is 0 Å². The molecule has 1 fully saturated rings. The normalized spacial score (nSPS) is 14.8. The molecule has 1 saturated heterocycles. The van der Waals surface area contributed by atoms with Crippen LogP contribution in [0.1, 0.15) is 12.5 Å². The van der Waals surface area contributed by atoms with Gasteiger partial charge in [-0.15, -0.1) is 0 Å². The summed E-state index contributed by atoms with van der Waals surface area (Å²) in [5.74, 6) is 0.288. The van der Waals surface area contributed by atoms with Gasteiger partial charge >= 0.3 is 5.97 Å². The monoisotopic (exact) mass is 467 g/mol. The van der Waals surface area contributed by atoms with E-state index in [1.165, 1.54) is 0 Å². The second kappa shape index (κ2) is 11.1. The lowest BCUT2D eigenvalue weighted by Gasteiger charge is -2.29. The largest absolute Gasteiger partial charge is 0.492 e. The Labute approximate surface area is 197 Å². The molecule has 0 saturated carbocycles. The minimum absolute atomic E-state index is 0.0957. The van der Waals surface area contributed by atoms with Gasteiger partial charge in [0.2, 0.25) is 5.95 Å². The maximum atomic E-state index is 13.2. The van der Waals surface area contributed by atoms with E-state index in [1.807, 2.05) is 30.3 Å². The number of hydrogen-bond donors (Lipinski definition) is 1. The van der Waals surface area contributed by atoms with Crippen molar-refractivity contribution in [3.8, 4) is 5.75 Å². The Balaban J connectivity index is 1.46. The number of rotatable bonds is 10. The topological polar surface area (TPSA) is 103 Å². The third kappa shape index (κ3) is 5.55. The lowest BCUT2D eigenvalue weighted by atomic mass is 10.1. The van der Waals surface area contributed by atoms with Crippen LogP contribution < -0.4 is 15.2 Å². The number of carboxylic acids is 1. The molecule has 0 radical (unpaired) electrons. The molecule has 34 heavy (non-hydrogen) atoms. The van der Waals surface area contributed by atoms with Crippen LogP contribution in [0.5, 0.6) is 5.75 Å². The molecule has 1 atom stereocenters. The van der Waals surface area contributed by atoms with E-state index < -0.39 is 12.1 Å². The first kappa shape index (κ1) is 23.7. The first-order valence-corrected chi connectivity index (χ1v) is 11.4. The standard InChI is InChI=1S/C25H29N3O6/c1-2-33-22(24(30)31)17-18-7-9-19(10-8-18)34-16-13-28-23(29)20-5-3-4-6-21(20)26-25(28)27-11-14-32-15-12-27/h3-10,22H,2,11-17H2,1H3,(H,30,31)/t22-/m1/s1. The number of morpholine rings is 1. The molecular formula is C25H29N3O6. The molecule has 9 heteroatoms. The maximum Gasteiger partial charge on any atom is 0.333 e. The van der Waals surface area contributed by atoms with Gasteiger partial charge in [0.25, 0.3) is 5.56 Å². The molecule has 0 aliphatic carbocycles. The quantitative estimate of drug-likeness (QED) is 0.485. The van der Waals surface area contributed by atoms with Gasteiger partial charge < -0.3 is 24.2 Å². The van der Waals surface area contributed by atoms with Gasteiger partial charge in [0.1, 0.15) is 12.4 Å². The second-order valence-electron chi connectivity index (χ2n) is 7.96. The molecule has 1 aliphatic rings. The fourth-order valence-corrected chi connectivity index (χ4v) is 3.97. The zero-order chi connectivity index (χ0) is 23.9. The SMILES string of the molecule is CCO[C@H](Cc1ccc(OCCn2c(N3CCOCC3)nc3ccccc3c2=O)cc1)C(=O)O. The highest BCUT2D eigenvalue weighted by Crippen LogP contribution is 2.18. The first-order chi connectivity index (χ1) is 16.6. The molecule has 2 aromatic carbocycles. The molecule has 4 rings (SSSR count). The summed E-state index contributed by atoms with van der Waals surface area (Å²) in [5, 5.41) is 9.83. The highest BCUT2D eigenvalue weighted by atomic mass is 16.5. The highest BCUT2D eigenvalue weighted by molar-refractivity contribution is 5.78. The van der Waals surface area contributed by atoms with Crippen LogP contribution in [0.15, 0.2) is 53.3 Å². The maximum absolute atomic E-state index is 13.2. The fraction of sp³-hybridized carbons (Fsp3) is 0.400. The predicted octanol–water partition coefficient (Wildman–Crippen LogP) is 2.34. The molecule has 3 aromatic rings. The van der Waals surface area contributed by atoms with Crippen molar-refractivity contribution in [3.05, 3.63) is 64.4 Å². The van der Waals surface area contributed by atoms with E-state index in [-0.39, 0.29) is 18.6 Å². The summed E-state index contributed by atoms with van der Waals surface area (Å²) in [5.41, 5.74) is 1.42. The van der Waals surface area contributed by atoms with Gasteiger partial charge in [0.15, 0.2) is 6.10 Å². The number of anilines is 1. The van der Waals surface area contributed by atoms with Gasteiger partial charge in [-0.2, -0.15) is 0 Å². The summed E-state index contributed by atoms with van der Waals surface area (Å²) >= 11 is 0. The summed E-state index contributed by atoms with van der Waals surface area (Å²) in [4.78, 5) is 31.4. The molecule has 1 aliphatic heterocycles. The summed E-state index contributed by atoms with van der Waals surface area (Å²) in [6, 6.07) is 14.6. The van der Waals surface area contributed by atoms with Crippen molar-refractivity contribution in [1.29, 1.82) is 0 Å². The van der Waals surface area contributed by atoms with E-state index in [2.05, 4.69) is 4.90 Å². The van der Waals surface area contributed by atoms with Gasteiger partial charge in [-0.25, -0.2) is 9.78 Å². The smallest absolute Gasteiger partial charge is 0.333 e. The van der Waals surface area contributed by atoms with Crippen molar-refractivity contribution in [2.45, 2.75) is 26.0 Å². The minimum Gasteiger partial charge on any atom is -0.492 e. The molecule has 2 heterocycles. The van der Waals surface area contributed by atoms with Crippen LogP contribution in [0.25, 0.3) is 10.9 Å². The van der Waals surface area contributed by atoms with E-state index in [4.69, 9.17) is 19.2 Å². The third-order valence-corrected chi connectivity index (χ3v) is 5.71. The van der Waals surface area contributed by atoms with E-state index in [9.17, 15) is 14.7 Å². The van der Waals surface area contributed by atoms with Crippen LogP contribution in [0.2, 0.25) is 0 Å². The Hall–Kier alpha value is -3.43. The number of ether oxygens (including phenoxy) is 3. The lowest BCUT2D eigenvalue weighted by Crippen LogP contribution is -2.41.